The maximum Gasteiger partial charge on any atom is 0.261 e. The van der Waals surface area contributed by atoms with Crippen LogP contribution in [-0.2, 0) is 19.4 Å². The minimum Gasteiger partial charge on any atom is -0.871 e. The lowest BCUT2D eigenvalue weighted by Gasteiger charge is -2.17. The summed E-state index contributed by atoms with van der Waals surface area (Å²) in [6.07, 6.45) is 3.91. The molecule has 3 heterocycles. The van der Waals surface area contributed by atoms with Crippen LogP contribution in [-0.4, -0.2) is 15.3 Å². The van der Waals surface area contributed by atoms with Crippen molar-refractivity contribution in [2.75, 3.05) is 0 Å². The maximum absolute atomic E-state index is 12.7. The summed E-state index contributed by atoms with van der Waals surface area (Å²) in [5, 5.41) is 13.1. The number of nitrogens with zero attached hydrogens (tertiary/aromatic N) is 2. The number of para-hydroxylation sites is 1. The van der Waals surface area contributed by atoms with Gasteiger partial charge in [0.2, 0.25) is 0 Å². The summed E-state index contributed by atoms with van der Waals surface area (Å²) in [4.78, 5) is 29.1. The van der Waals surface area contributed by atoms with Crippen LogP contribution in [0.3, 0.4) is 0 Å². The molecule has 1 aromatic carbocycles. The molecule has 5 heteroatoms. The zero-order valence-corrected chi connectivity index (χ0v) is 12.3. The Hall–Kier alpha value is -2.95. The van der Waals surface area contributed by atoms with Crippen molar-refractivity contribution in [3.05, 3.63) is 69.8 Å². The molecule has 0 aliphatic carbocycles. The summed E-state index contributed by atoms with van der Waals surface area (Å²) in [5.74, 6) is -0.891. The Morgan fingerprint density at radius 3 is 2.78 bits per heavy atom. The number of hydrogen-bond acceptors (Lipinski definition) is 4. The zero-order valence-electron chi connectivity index (χ0n) is 12.3. The van der Waals surface area contributed by atoms with Crippen LogP contribution in [0.1, 0.15) is 21.5 Å². The molecule has 0 saturated heterocycles. The lowest BCUT2D eigenvalue weighted by Crippen LogP contribution is -2.28. The highest BCUT2D eigenvalue weighted by Crippen LogP contribution is 2.30. The fourth-order valence-corrected chi connectivity index (χ4v) is 3.23. The van der Waals surface area contributed by atoms with E-state index in [1.54, 1.807) is 41.2 Å². The SMILES string of the molecule is O=C(Cc1ccncc1)c1c([O-])c2cccc3c2n(c1=O)CC3. The van der Waals surface area contributed by atoms with Gasteiger partial charge in [0.1, 0.15) is 0 Å². The van der Waals surface area contributed by atoms with Gasteiger partial charge in [-0.15, -0.1) is 0 Å². The fourth-order valence-electron chi connectivity index (χ4n) is 3.23. The van der Waals surface area contributed by atoms with Gasteiger partial charge in [0, 0.05) is 25.4 Å². The molecule has 0 saturated carbocycles. The van der Waals surface area contributed by atoms with Crippen molar-refractivity contribution in [2.45, 2.75) is 19.4 Å². The molecule has 114 valence electrons. The number of aryl methyl sites for hydroxylation is 2. The van der Waals surface area contributed by atoms with E-state index in [9.17, 15) is 14.7 Å². The van der Waals surface area contributed by atoms with Gasteiger partial charge < -0.3 is 9.67 Å². The maximum atomic E-state index is 12.7. The largest absolute Gasteiger partial charge is 0.871 e. The molecule has 0 fully saturated rings. The monoisotopic (exact) mass is 305 g/mol. The van der Waals surface area contributed by atoms with Gasteiger partial charge in [-0.1, -0.05) is 23.9 Å². The van der Waals surface area contributed by atoms with Crippen LogP contribution >= 0.6 is 0 Å². The van der Waals surface area contributed by atoms with Crippen molar-refractivity contribution in [2.24, 2.45) is 0 Å². The molecule has 0 unspecified atom stereocenters. The van der Waals surface area contributed by atoms with Crippen LogP contribution in [0.25, 0.3) is 10.9 Å². The molecular weight excluding hydrogens is 292 g/mol. The van der Waals surface area contributed by atoms with Crippen molar-refractivity contribution in [3.8, 4) is 5.75 Å². The molecular formula is C18H13N2O3-. The predicted molar refractivity (Wildman–Crippen MR) is 83.6 cm³/mol. The van der Waals surface area contributed by atoms with E-state index in [2.05, 4.69) is 4.98 Å². The third-order valence-corrected chi connectivity index (χ3v) is 4.32. The number of Topliss-reactive ketones (excluding diaryl/α,β-unsaturated/α-hetero) is 1. The van der Waals surface area contributed by atoms with Crippen LogP contribution in [0, 0.1) is 0 Å². The molecule has 4 rings (SSSR count). The smallest absolute Gasteiger partial charge is 0.261 e. The average molecular weight is 305 g/mol. The number of pyridine rings is 2. The summed E-state index contributed by atoms with van der Waals surface area (Å²) >= 11 is 0. The molecule has 1 aliphatic heterocycles. The van der Waals surface area contributed by atoms with E-state index in [-0.39, 0.29) is 12.0 Å². The van der Waals surface area contributed by atoms with Crippen molar-refractivity contribution in [1.29, 1.82) is 0 Å². The van der Waals surface area contributed by atoms with E-state index in [1.807, 2.05) is 6.07 Å². The first-order chi connectivity index (χ1) is 11.2. The lowest BCUT2D eigenvalue weighted by atomic mass is 10.0. The molecule has 23 heavy (non-hydrogen) atoms. The highest BCUT2D eigenvalue weighted by Gasteiger charge is 2.22. The van der Waals surface area contributed by atoms with Gasteiger partial charge in [-0.3, -0.25) is 14.6 Å². The third kappa shape index (κ3) is 2.04. The Kier molecular flexibility index (Phi) is 3.01. The molecule has 0 N–H and O–H groups in total. The zero-order chi connectivity index (χ0) is 16.0. The summed E-state index contributed by atoms with van der Waals surface area (Å²) in [6, 6.07) is 8.82. The van der Waals surface area contributed by atoms with Crippen LogP contribution < -0.4 is 10.7 Å². The molecule has 0 bridgehead atoms. The Morgan fingerprint density at radius 2 is 2.00 bits per heavy atom. The van der Waals surface area contributed by atoms with Gasteiger partial charge >= 0.3 is 0 Å². The van der Waals surface area contributed by atoms with Gasteiger partial charge in [0.25, 0.3) is 5.56 Å². The number of benzene rings is 1. The fraction of sp³-hybridized carbons (Fsp3) is 0.167. The van der Waals surface area contributed by atoms with E-state index in [1.165, 1.54) is 0 Å². The van der Waals surface area contributed by atoms with E-state index in [0.29, 0.717) is 23.9 Å². The molecule has 2 aromatic heterocycles. The van der Waals surface area contributed by atoms with Gasteiger partial charge in [-0.2, -0.15) is 0 Å². The van der Waals surface area contributed by atoms with Crippen molar-refractivity contribution in [3.63, 3.8) is 0 Å². The van der Waals surface area contributed by atoms with E-state index >= 15 is 0 Å². The molecule has 0 atom stereocenters. The Morgan fingerprint density at radius 1 is 1.22 bits per heavy atom. The van der Waals surface area contributed by atoms with Crippen molar-refractivity contribution >= 4 is 16.7 Å². The number of carbonyl (C=O) groups excluding carboxylic acids is 1. The van der Waals surface area contributed by atoms with Crippen molar-refractivity contribution in [1.82, 2.24) is 9.55 Å². The van der Waals surface area contributed by atoms with Crippen molar-refractivity contribution < 1.29 is 9.90 Å². The number of hydrogen-bond donors (Lipinski definition) is 0. The Bertz CT molecular complexity index is 991. The third-order valence-electron chi connectivity index (χ3n) is 4.32. The van der Waals surface area contributed by atoms with Crippen LogP contribution in [0.5, 0.6) is 5.75 Å². The van der Waals surface area contributed by atoms with Gasteiger partial charge in [-0.25, -0.2) is 0 Å². The summed E-state index contributed by atoms with van der Waals surface area (Å²) in [5.41, 5.74) is 1.71. The second kappa shape index (κ2) is 5.05. The number of aromatic nitrogens is 2. The summed E-state index contributed by atoms with van der Waals surface area (Å²) < 4.78 is 1.56. The van der Waals surface area contributed by atoms with Gasteiger partial charge in [0.15, 0.2) is 5.78 Å². The first-order valence-electron chi connectivity index (χ1n) is 7.44. The number of ketones is 1. The standard InChI is InChI=1S/C18H14N2O3/c21-14(10-11-4-7-19-8-5-11)15-17(22)13-3-1-2-12-6-9-20(16(12)13)18(15)23/h1-5,7-8,22H,6,9-10H2/p-1. The van der Waals surface area contributed by atoms with Gasteiger partial charge in [0.05, 0.1) is 11.1 Å². The molecule has 0 spiro atoms. The summed E-state index contributed by atoms with van der Waals surface area (Å²) in [7, 11) is 0. The number of carbonyl (C=O) groups is 1. The predicted octanol–water partition coefficient (Wildman–Crippen LogP) is 1.45. The number of rotatable bonds is 3. The lowest BCUT2D eigenvalue weighted by molar-refractivity contribution is -0.266. The van der Waals surface area contributed by atoms with E-state index in [0.717, 1.165) is 11.1 Å². The Balaban J connectivity index is 1.89. The quantitative estimate of drug-likeness (QED) is 0.686. The Labute approximate surface area is 131 Å². The second-order valence-corrected chi connectivity index (χ2v) is 5.68. The molecule has 3 aromatic rings. The van der Waals surface area contributed by atoms with Crippen LogP contribution in [0.2, 0.25) is 0 Å². The normalized spacial score (nSPS) is 12.7. The minimum atomic E-state index is -0.466. The topological polar surface area (TPSA) is 75.0 Å². The summed E-state index contributed by atoms with van der Waals surface area (Å²) in [6.45, 7) is 0.518. The van der Waals surface area contributed by atoms with E-state index < -0.39 is 17.1 Å². The molecule has 1 aliphatic rings. The first-order valence-corrected chi connectivity index (χ1v) is 7.44. The molecule has 0 radical (unpaired) electrons. The molecule has 5 nitrogen and oxygen atoms in total. The van der Waals surface area contributed by atoms with E-state index in [4.69, 9.17) is 0 Å². The van der Waals surface area contributed by atoms with Gasteiger partial charge in [-0.05, 0) is 35.1 Å². The highest BCUT2D eigenvalue weighted by molar-refractivity contribution is 6.04. The minimum absolute atomic E-state index is 0.0260. The van der Waals surface area contributed by atoms with Crippen LogP contribution in [0.15, 0.2) is 47.5 Å². The highest BCUT2D eigenvalue weighted by atomic mass is 16.3. The first kappa shape index (κ1) is 13.7. The van der Waals surface area contributed by atoms with Crippen LogP contribution in [0.4, 0.5) is 0 Å². The second-order valence-electron chi connectivity index (χ2n) is 5.68. The molecule has 0 amide bonds. The average Bonchev–Trinajstić information content (AvgIpc) is 2.99.